The molecular formula is C14H20N2O. The second kappa shape index (κ2) is 5.32. The van der Waals surface area contributed by atoms with E-state index in [2.05, 4.69) is 41.8 Å². The standard InChI is InChI=1S/C14H20N2O/c1-10-3-5-12(6-4-10)7-16-14(17)11(2)13-8-15-9-13/h3-6,11,13,15H,7-9H2,1-2H3,(H,16,17). The van der Waals surface area contributed by atoms with Gasteiger partial charge in [0.1, 0.15) is 0 Å². The van der Waals surface area contributed by atoms with Gasteiger partial charge in [0.05, 0.1) is 0 Å². The summed E-state index contributed by atoms with van der Waals surface area (Å²) in [6, 6.07) is 8.26. The Kier molecular flexibility index (Phi) is 3.79. The average Bonchev–Trinajstić information content (AvgIpc) is 2.25. The molecule has 0 aliphatic carbocycles. The van der Waals surface area contributed by atoms with E-state index in [-0.39, 0.29) is 11.8 Å². The number of amides is 1. The highest BCUT2D eigenvalue weighted by Crippen LogP contribution is 2.15. The van der Waals surface area contributed by atoms with E-state index in [4.69, 9.17) is 0 Å². The van der Waals surface area contributed by atoms with E-state index >= 15 is 0 Å². The summed E-state index contributed by atoms with van der Waals surface area (Å²) in [5.41, 5.74) is 2.40. The molecule has 1 amide bonds. The molecule has 2 N–H and O–H groups in total. The minimum atomic E-state index is 0.113. The van der Waals surface area contributed by atoms with Crippen LogP contribution in [0.4, 0.5) is 0 Å². The van der Waals surface area contributed by atoms with Gasteiger partial charge in [-0.2, -0.15) is 0 Å². The number of carbonyl (C=O) groups excluding carboxylic acids is 1. The van der Waals surface area contributed by atoms with Crippen LogP contribution >= 0.6 is 0 Å². The maximum Gasteiger partial charge on any atom is 0.223 e. The zero-order chi connectivity index (χ0) is 12.3. The van der Waals surface area contributed by atoms with Gasteiger partial charge in [-0.25, -0.2) is 0 Å². The minimum Gasteiger partial charge on any atom is -0.352 e. The third-order valence-electron chi connectivity index (χ3n) is 3.52. The Morgan fingerprint density at radius 1 is 1.41 bits per heavy atom. The first-order chi connectivity index (χ1) is 8.16. The summed E-state index contributed by atoms with van der Waals surface area (Å²) in [5.74, 6) is 0.784. The third kappa shape index (κ3) is 3.07. The van der Waals surface area contributed by atoms with Crippen molar-refractivity contribution in [3.63, 3.8) is 0 Å². The molecule has 1 atom stereocenters. The maximum absolute atomic E-state index is 11.9. The predicted molar refractivity (Wildman–Crippen MR) is 68.5 cm³/mol. The Balaban J connectivity index is 1.81. The second-order valence-corrected chi connectivity index (χ2v) is 4.91. The van der Waals surface area contributed by atoms with Crippen LogP contribution in [0.1, 0.15) is 18.1 Å². The smallest absolute Gasteiger partial charge is 0.223 e. The molecule has 0 radical (unpaired) electrons. The van der Waals surface area contributed by atoms with Crippen molar-refractivity contribution in [2.45, 2.75) is 20.4 Å². The van der Waals surface area contributed by atoms with Crippen molar-refractivity contribution in [3.8, 4) is 0 Å². The zero-order valence-electron chi connectivity index (χ0n) is 10.5. The molecule has 0 saturated carbocycles. The summed E-state index contributed by atoms with van der Waals surface area (Å²) in [4.78, 5) is 11.9. The Hall–Kier alpha value is -1.35. The van der Waals surface area contributed by atoms with Crippen molar-refractivity contribution < 1.29 is 4.79 Å². The summed E-state index contributed by atoms with van der Waals surface area (Å²) in [6.45, 7) is 6.64. The molecule has 1 aromatic carbocycles. The van der Waals surface area contributed by atoms with Crippen LogP contribution in [-0.4, -0.2) is 19.0 Å². The quantitative estimate of drug-likeness (QED) is 0.825. The molecule has 92 valence electrons. The lowest BCUT2D eigenvalue weighted by atomic mass is 9.88. The zero-order valence-corrected chi connectivity index (χ0v) is 10.5. The summed E-state index contributed by atoms with van der Waals surface area (Å²) in [6.07, 6.45) is 0. The number of hydrogen-bond donors (Lipinski definition) is 2. The maximum atomic E-state index is 11.9. The molecule has 0 aromatic heterocycles. The summed E-state index contributed by atoms with van der Waals surface area (Å²) in [5, 5.41) is 6.20. The fraction of sp³-hybridized carbons (Fsp3) is 0.500. The van der Waals surface area contributed by atoms with E-state index in [1.807, 2.05) is 6.92 Å². The molecule has 1 aromatic rings. The van der Waals surface area contributed by atoms with Gasteiger partial charge in [0.25, 0.3) is 0 Å². The molecule has 1 heterocycles. The van der Waals surface area contributed by atoms with Crippen LogP contribution < -0.4 is 10.6 Å². The Morgan fingerprint density at radius 2 is 2.06 bits per heavy atom. The molecule has 1 fully saturated rings. The number of carbonyl (C=O) groups is 1. The van der Waals surface area contributed by atoms with E-state index in [9.17, 15) is 4.79 Å². The molecule has 0 spiro atoms. The molecule has 3 nitrogen and oxygen atoms in total. The SMILES string of the molecule is Cc1ccc(CNC(=O)C(C)C2CNC2)cc1. The van der Waals surface area contributed by atoms with Gasteiger partial charge in [-0.05, 0) is 31.5 Å². The molecule has 1 aliphatic heterocycles. The highest BCUT2D eigenvalue weighted by atomic mass is 16.1. The predicted octanol–water partition coefficient (Wildman–Crippen LogP) is 1.47. The van der Waals surface area contributed by atoms with Gasteiger partial charge in [0, 0.05) is 12.5 Å². The monoisotopic (exact) mass is 232 g/mol. The third-order valence-corrected chi connectivity index (χ3v) is 3.52. The number of rotatable bonds is 4. The molecule has 1 aliphatic rings. The fourth-order valence-electron chi connectivity index (χ4n) is 1.93. The Morgan fingerprint density at radius 3 is 2.59 bits per heavy atom. The lowest BCUT2D eigenvalue weighted by molar-refractivity contribution is -0.126. The topological polar surface area (TPSA) is 41.1 Å². The summed E-state index contributed by atoms with van der Waals surface area (Å²) < 4.78 is 0. The lowest BCUT2D eigenvalue weighted by Gasteiger charge is -2.31. The molecule has 17 heavy (non-hydrogen) atoms. The second-order valence-electron chi connectivity index (χ2n) is 4.91. The van der Waals surface area contributed by atoms with E-state index in [1.54, 1.807) is 0 Å². The summed E-state index contributed by atoms with van der Waals surface area (Å²) in [7, 11) is 0. The van der Waals surface area contributed by atoms with Crippen molar-refractivity contribution in [1.29, 1.82) is 0 Å². The minimum absolute atomic E-state index is 0.113. The van der Waals surface area contributed by atoms with Crippen molar-refractivity contribution in [2.75, 3.05) is 13.1 Å². The van der Waals surface area contributed by atoms with Crippen LogP contribution in [0, 0.1) is 18.8 Å². The van der Waals surface area contributed by atoms with Crippen LogP contribution in [0.25, 0.3) is 0 Å². The van der Waals surface area contributed by atoms with Gasteiger partial charge in [-0.3, -0.25) is 4.79 Å². The lowest BCUT2D eigenvalue weighted by Crippen LogP contribution is -2.49. The number of aryl methyl sites for hydroxylation is 1. The normalized spacial score (nSPS) is 17.3. The molecule has 3 heteroatoms. The number of hydrogen-bond acceptors (Lipinski definition) is 2. The largest absolute Gasteiger partial charge is 0.352 e. The van der Waals surface area contributed by atoms with E-state index in [1.165, 1.54) is 5.56 Å². The number of nitrogens with one attached hydrogen (secondary N) is 2. The van der Waals surface area contributed by atoms with Crippen LogP contribution in [0.2, 0.25) is 0 Å². The van der Waals surface area contributed by atoms with Crippen LogP contribution in [0.15, 0.2) is 24.3 Å². The van der Waals surface area contributed by atoms with Crippen LogP contribution in [-0.2, 0) is 11.3 Å². The first-order valence-electron chi connectivity index (χ1n) is 6.21. The number of benzene rings is 1. The molecule has 1 saturated heterocycles. The highest BCUT2D eigenvalue weighted by molar-refractivity contribution is 5.78. The van der Waals surface area contributed by atoms with Crippen LogP contribution in [0.3, 0.4) is 0 Å². The molecular weight excluding hydrogens is 212 g/mol. The fourth-order valence-corrected chi connectivity index (χ4v) is 1.93. The average molecular weight is 232 g/mol. The van der Waals surface area contributed by atoms with Crippen molar-refractivity contribution in [2.24, 2.45) is 11.8 Å². The molecule has 0 bridgehead atoms. The van der Waals surface area contributed by atoms with Crippen LogP contribution in [0.5, 0.6) is 0 Å². The Bertz CT molecular complexity index is 382. The van der Waals surface area contributed by atoms with Gasteiger partial charge in [-0.1, -0.05) is 36.8 Å². The van der Waals surface area contributed by atoms with Crippen molar-refractivity contribution >= 4 is 5.91 Å². The van der Waals surface area contributed by atoms with E-state index in [0.29, 0.717) is 12.5 Å². The van der Waals surface area contributed by atoms with Crippen molar-refractivity contribution in [3.05, 3.63) is 35.4 Å². The molecule has 1 unspecified atom stereocenters. The summed E-state index contributed by atoms with van der Waals surface area (Å²) >= 11 is 0. The first kappa shape index (κ1) is 12.1. The van der Waals surface area contributed by atoms with E-state index < -0.39 is 0 Å². The van der Waals surface area contributed by atoms with Crippen molar-refractivity contribution in [1.82, 2.24) is 10.6 Å². The highest BCUT2D eigenvalue weighted by Gasteiger charge is 2.28. The van der Waals surface area contributed by atoms with Gasteiger partial charge in [0.15, 0.2) is 0 Å². The van der Waals surface area contributed by atoms with Gasteiger partial charge in [-0.15, -0.1) is 0 Å². The van der Waals surface area contributed by atoms with E-state index in [0.717, 1.165) is 18.7 Å². The van der Waals surface area contributed by atoms with Gasteiger partial charge in [0.2, 0.25) is 5.91 Å². The molecule has 2 rings (SSSR count). The van der Waals surface area contributed by atoms with Gasteiger partial charge >= 0.3 is 0 Å². The van der Waals surface area contributed by atoms with Gasteiger partial charge < -0.3 is 10.6 Å². The Labute approximate surface area is 103 Å². The first-order valence-corrected chi connectivity index (χ1v) is 6.21.